The van der Waals surface area contributed by atoms with Gasteiger partial charge in [-0.05, 0) is 57.5 Å². The quantitative estimate of drug-likeness (QED) is 0.422. The smallest absolute Gasteiger partial charge is 0.326 e. The lowest BCUT2D eigenvalue weighted by atomic mass is 9.85. The van der Waals surface area contributed by atoms with Gasteiger partial charge in [0.2, 0.25) is 0 Å². The van der Waals surface area contributed by atoms with Gasteiger partial charge in [0.25, 0.3) is 0 Å². The molecular formula is C24H29ClN6O3S. The third-order valence-corrected chi connectivity index (χ3v) is 7.76. The van der Waals surface area contributed by atoms with E-state index in [9.17, 15) is 9.90 Å². The van der Waals surface area contributed by atoms with Crippen molar-refractivity contribution in [3.05, 3.63) is 46.1 Å². The molecule has 0 saturated carbocycles. The largest absolute Gasteiger partial charge is 0.506 e. The van der Waals surface area contributed by atoms with Crippen LogP contribution in [0, 0.1) is 0 Å². The maximum Gasteiger partial charge on any atom is 0.326 e. The van der Waals surface area contributed by atoms with Crippen LogP contribution in [-0.2, 0) is 16.6 Å². The van der Waals surface area contributed by atoms with Gasteiger partial charge in [-0.25, -0.2) is 14.5 Å². The van der Waals surface area contributed by atoms with Crippen molar-refractivity contribution in [3.8, 4) is 11.4 Å². The first kappa shape index (κ1) is 24.1. The highest BCUT2D eigenvalue weighted by Crippen LogP contribution is 2.34. The SMILES string of the molecule is CC1(c2cc(NC(=O)Nc3ncc(CCN4CCCCC4)s3)n(-c3ccc(O)c(Cl)c3)n2)COC1. The van der Waals surface area contributed by atoms with E-state index in [4.69, 9.17) is 21.4 Å². The number of ether oxygens (including phenoxy) is 1. The van der Waals surface area contributed by atoms with Gasteiger partial charge in [-0.2, -0.15) is 5.10 Å². The van der Waals surface area contributed by atoms with Crippen molar-refractivity contribution in [2.24, 2.45) is 0 Å². The molecule has 11 heteroatoms. The first-order valence-corrected chi connectivity index (χ1v) is 13.0. The first-order valence-electron chi connectivity index (χ1n) is 11.8. The van der Waals surface area contributed by atoms with Gasteiger partial charge in [-0.15, -0.1) is 11.3 Å². The number of carbonyl (C=O) groups is 1. The lowest BCUT2D eigenvalue weighted by Crippen LogP contribution is -2.44. The standard InChI is InChI=1S/C24H29ClN6O3S/c1-24(14-34-15-24)20-12-21(31(29-20)16-5-6-19(32)18(25)11-16)27-22(33)28-23-26-13-17(35-23)7-10-30-8-3-2-4-9-30/h5-6,11-13,32H,2-4,7-10,14-15H2,1H3,(H2,26,27,28,33). The van der Waals surface area contributed by atoms with Crippen molar-refractivity contribution in [1.82, 2.24) is 19.7 Å². The number of nitrogens with one attached hydrogen (secondary N) is 2. The summed E-state index contributed by atoms with van der Waals surface area (Å²) in [5.41, 5.74) is 1.20. The molecule has 0 spiro atoms. The highest BCUT2D eigenvalue weighted by molar-refractivity contribution is 7.15. The number of thiazole rings is 1. The predicted molar refractivity (Wildman–Crippen MR) is 137 cm³/mol. The van der Waals surface area contributed by atoms with Gasteiger partial charge in [-0.3, -0.25) is 10.6 Å². The van der Waals surface area contributed by atoms with Crippen LogP contribution in [0.4, 0.5) is 15.7 Å². The highest BCUT2D eigenvalue weighted by Gasteiger charge is 2.38. The van der Waals surface area contributed by atoms with Crippen LogP contribution in [0.25, 0.3) is 5.69 Å². The van der Waals surface area contributed by atoms with Gasteiger partial charge in [0.05, 0.1) is 35.0 Å². The second kappa shape index (κ2) is 10.1. The summed E-state index contributed by atoms with van der Waals surface area (Å²) in [6.07, 6.45) is 6.64. The number of aromatic hydroxyl groups is 1. The Hall–Kier alpha value is -2.66. The minimum Gasteiger partial charge on any atom is -0.506 e. The van der Waals surface area contributed by atoms with E-state index in [1.807, 2.05) is 12.3 Å². The fourth-order valence-electron chi connectivity index (χ4n) is 4.32. The molecule has 2 saturated heterocycles. The Kier molecular flexibility index (Phi) is 6.97. The van der Waals surface area contributed by atoms with Crippen LogP contribution in [0.2, 0.25) is 5.02 Å². The molecule has 1 aromatic carbocycles. The van der Waals surface area contributed by atoms with Crippen LogP contribution >= 0.6 is 22.9 Å². The zero-order chi connectivity index (χ0) is 24.4. The molecule has 2 amide bonds. The second-order valence-corrected chi connectivity index (χ2v) is 10.9. The molecular weight excluding hydrogens is 488 g/mol. The Labute approximate surface area is 213 Å². The summed E-state index contributed by atoms with van der Waals surface area (Å²) >= 11 is 7.61. The molecule has 2 aliphatic rings. The molecule has 9 nitrogen and oxygen atoms in total. The van der Waals surface area contributed by atoms with Gasteiger partial charge in [0.1, 0.15) is 11.6 Å². The number of aromatic nitrogens is 3. The molecule has 35 heavy (non-hydrogen) atoms. The van der Waals surface area contributed by atoms with E-state index in [2.05, 4.69) is 27.4 Å². The van der Waals surface area contributed by atoms with Gasteiger partial charge < -0.3 is 14.7 Å². The summed E-state index contributed by atoms with van der Waals surface area (Å²) in [6, 6.07) is 6.23. The van der Waals surface area contributed by atoms with Crippen LogP contribution in [0.5, 0.6) is 5.75 Å². The zero-order valence-corrected chi connectivity index (χ0v) is 21.2. The van der Waals surface area contributed by atoms with Crippen LogP contribution in [-0.4, -0.2) is 63.7 Å². The van der Waals surface area contributed by atoms with Gasteiger partial charge in [0, 0.05) is 23.7 Å². The number of benzene rings is 1. The van der Waals surface area contributed by atoms with E-state index < -0.39 is 6.03 Å². The lowest BCUT2D eigenvalue weighted by Gasteiger charge is -2.36. The summed E-state index contributed by atoms with van der Waals surface area (Å²) < 4.78 is 7.00. The van der Waals surface area contributed by atoms with Crippen molar-refractivity contribution >= 4 is 39.9 Å². The van der Waals surface area contributed by atoms with Crippen molar-refractivity contribution in [1.29, 1.82) is 0 Å². The van der Waals surface area contributed by atoms with Gasteiger partial charge in [-0.1, -0.05) is 18.0 Å². The number of urea groups is 1. The van der Waals surface area contributed by atoms with E-state index in [1.54, 1.807) is 16.8 Å². The fraction of sp³-hybridized carbons (Fsp3) is 0.458. The first-order chi connectivity index (χ1) is 16.9. The number of hydrogen-bond donors (Lipinski definition) is 3. The number of phenolic OH excluding ortho intramolecular Hbond substituents is 1. The number of amides is 2. The number of rotatable bonds is 7. The average Bonchev–Trinajstić information content (AvgIpc) is 3.46. The number of hydrogen-bond acceptors (Lipinski definition) is 7. The Bertz CT molecular complexity index is 1200. The van der Waals surface area contributed by atoms with Crippen molar-refractivity contribution in [2.45, 2.75) is 38.0 Å². The third-order valence-electron chi connectivity index (χ3n) is 6.48. The Morgan fingerprint density at radius 1 is 1.23 bits per heavy atom. The van der Waals surface area contributed by atoms with E-state index in [-0.39, 0.29) is 16.2 Å². The van der Waals surface area contributed by atoms with Crippen molar-refractivity contribution < 1.29 is 14.6 Å². The average molecular weight is 517 g/mol. The maximum absolute atomic E-state index is 12.8. The molecule has 0 radical (unpaired) electrons. The summed E-state index contributed by atoms with van der Waals surface area (Å²) in [7, 11) is 0. The normalized spacial score (nSPS) is 17.7. The Morgan fingerprint density at radius 2 is 2.03 bits per heavy atom. The number of nitrogens with zero attached hydrogens (tertiary/aromatic N) is 4. The van der Waals surface area contributed by atoms with E-state index in [1.165, 1.54) is 49.8 Å². The molecule has 0 bridgehead atoms. The predicted octanol–water partition coefficient (Wildman–Crippen LogP) is 4.65. The molecule has 0 aliphatic carbocycles. The van der Waals surface area contributed by atoms with E-state index in [0.717, 1.165) is 23.5 Å². The Morgan fingerprint density at radius 3 is 2.74 bits per heavy atom. The monoisotopic (exact) mass is 516 g/mol. The summed E-state index contributed by atoms with van der Waals surface area (Å²) in [5, 5.41) is 21.0. The number of likely N-dealkylation sites (tertiary alicyclic amines) is 1. The second-order valence-electron chi connectivity index (χ2n) is 9.38. The minimum absolute atomic E-state index is 0.0192. The maximum atomic E-state index is 12.8. The molecule has 5 rings (SSSR count). The fourth-order valence-corrected chi connectivity index (χ4v) is 5.29. The molecule has 2 aliphatic heterocycles. The topological polar surface area (TPSA) is 105 Å². The van der Waals surface area contributed by atoms with Crippen molar-refractivity contribution in [2.75, 3.05) is 43.5 Å². The molecule has 2 aromatic heterocycles. The number of halogens is 1. The van der Waals surface area contributed by atoms with Crippen molar-refractivity contribution in [3.63, 3.8) is 0 Å². The number of anilines is 2. The summed E-state index contributed by atoms with van der Waals surface area (Å²) in [5.74, 6) is 0.462. The molecule has 2 fully saturated rings. The Balaban J connectivity index is 1.28. The van der Waals surface area contributed by atoms with E-state index in [0.29, 0.717) is 29.9 Å². The molecule has 186 valence electrons. The summed E-state index contributed by atoms with van der Waals surface area (Å²) in [6.45, 7) is 6.54. The van der Waals surface area contributed by atoms with Crippen LogP contribution < -0.4 is 10.6 Å². The van der Waals surface area contributed by atoms with Crippen LogP contribution in [0.1, 0.15) is 36.8 Å². The zero-order valence-electron chi connectivity index (χ0n) is 19.6. The van der Waals surface area contributed by atoms with Gasteiger partial charge >= 0.3 is 6.03 Å². The minimum atomic E-state index is -0.408. The third kappa shape index (κ3) is 5.45. The summed E-state index contributed by atoms with van der Waals surface area (Å²) in [4.78, 5) is 20.9. The molecule has 3 aromatic rings. The highest BCUT2D eigenvalue weighted by atomic mass is 35.5. The molecule has 3 N–H and O–H groups in total. The molecule has 0 atom stereocenters. The van der Waals surface area contributed by atoms with Crippen LogP contribution in [0.15, 0.2) is 30.5 Å². The number of phenols is 1. The molecule has 0 unspecified atom stereocenters. The molecule has 4 heterocycles. The lowest BCUT2D eigenvalue weighted by molar-refractivity contribution is -0.0522. The number of carbonyl (C=O) groups excluding carboxylic acids is 1. The van der Waals surface area contributed by atoms with Gasteiger partial charge in [0.15, 0.2) is 5.13 Å². The van der Waals surface area contributed by atoms with Crippen LogP contribution in [0.3, 0.4) is 0 Å². The van der Waals surface area contributed by atoms with E-state index >= 15 is 0 Å². The number of piperidine rings is 1.